The van der Waals surface area contributed by atoms with Gasteiger partial charge in [0.25, 0.3) is 0 Å². The van der Waals surface area contributed by atoms with Crippen molar-refractivity contribution < 1.29 is 62.2 Å². The zero-order valence-corrected chi connectivity index (χ0v) is 29.4. The molecule has 278 valence electrons. The van der Waals surface area contributed by atoms with Gasteiger partial charge in [0.1, 0.15) is 24.7 Å². The standard InChI is InChI=1S/C38H43NO13/c1-22-33(49-23(2)41)35(50-24(3)42)37(52-34(22)36(43)45-4)51-26-14-13-25(20-40)32(19-26)47-18-17-46-16-15-39-38(44)48-21-31-29-11-7-5-9-27(29)28-10-6-8-12-30(28)31/h5-14,19,22,31,33-35,37,40H,15-18,20-21H2,1-4H3,(H,39,44)/t22-,33-,34-,35+,37+/m0/s1. The number of hydrogen-bond donors (Lipinski definition) is 2. The number of alkyl carbamates (subject to hydrolysis) is 1. The van der Waals surface area contributed by atoms with Crippen LogP contribution >= 0.6 is 0 Å². The number of aliphatic hydroxyl groups excluding tert-OH is 1. The van der Waals surface area contributed by atoms with E-state index >= 15 is 0 Å². The number of nitrogens with one attached hydrogen (secondary N) is 1. The maximum atomic E-state index is 12.5. The molecule has 3 aromatic rings. The van der Waals surface area contributed by atoms with Gasteiger partial charge in [-0.2, -0.15) is 0 Å². The van der Waals surface area contributed by atoms with Gasteiger partial charge in [0.05, 0.1) is 26.9 Å². The molecule has 1 aliphatic heterocycles. The average Bonchev–Trinajstić information content (AvgIpc) is 3.45. The number of hydrogen-bond acceptors (Lipinski definition) is 13. The smallest absolute Gasteiger partial charge is 0.407 e. The summed E-state index contributed by atoms with van der Waals surface area (Å²) in [7, 11) is 1.19. The van der Waals surface area contributed by atoms with E-state index in [1.807, 2.05) is 24.3 Å². The molecule has 0 unspecified atom stereocenters. The van der Waals surface area contributed by atoms with Gasteiger partial charge in [-0.15, -0.1) is 0 Å². The molecule has 1 fully saturated rings. The molecule has 2 N–H and O–H groups in total. The zero-order valence-electron chi connectivity index (χ0n) is 29.4. The summed E-state index contributed by atoms with van der Waals surface area (Å²) in [6.07, 6.45) is -5.44. The van der Waals surface area contributed by atoms with Crippen molar-refractivity contribution in [2.24, 2.45) is 5.92 Å². The third-order valence-corrected chi connectivity index (χ3v) is 8.71. The van der Waals surface area contributed by atoms with Crippen LogP contribution in [-0.4, -0.2) is 93.8 Å². The van der Waals surface area contributed by atoms with Crippen molar-refractivity contribution in [3.05, 3.63) is 83.4 Å². The third kappa shape index (κ3) is 9.18. The summed E-state index contributed by atoms with van der Waals surface area (Å²) in [5.41, 5.74) is 5.01. The van der Waals surface area contributed by atoms with E-state index in [0.717, 1.165) is 22.3 Å². The number of rotatable bonds is 15. The SMILES string of the molecule is COC(=O)[C@H]1O[C@@H](Oc2ccc(CO)c(OCCOCCNC(=O)OCC3c4ccccc4-c4ccccc43)c2)[C@H](OC(C)=O)[C@@H](OC(C)=O)[C@@H]1C. The lowest BCUT2D eigenvalue weighted by Crippen LogP contribution is -2.60. The van der Waals surface area contributed by atoms with Gasteiger partial charge in [-0.05, 0) is 34.4 Å². The molecular formula is C38H43NO13. The fourth-order valence-corrected chi connectivity index (χ4v) is 6.33. The molecule has 14 heteroatoms. The van der Waals surface area contributed by atoms with E-state index < -0.39 is 54.5 Å². The van der Waals surface area contributed by atoms with E-state index in [4.69, 9.17) is 37.9 Å². The maximum Gasteiger partial charge on any atom is 0.407 e. The van der Waals surface area contributed by atoms with Crippen molar-refractivity contribution in [2.75, 3.05) is 40.1 Å². The zero-order chi connectivity index (χ0) is 37.2. The number of carbonyl (C=O) groups excluding carboxylic acids is 4. The Labute approximate surface area is 301 Å². The summed E-state index contributed by atoms with van der Waals surface area (Å²) in [5, 5.41) is 12.6. The molecular weight excluding hydrogens is 678 g/mol. The first kappa shape index (κ1) is 38.1. The number of esters is 3. The minimum absolute atomic E-state index is 0.0390. The quantitative estimate of drug-likeness (QED) is 0.132. The van der Waals surface area contributed by atoms with Crippen molar-refractivity contribution in [2.45, 2.75) is 57.9 Å². The highest BCUT2D eigenvalue weighted by Crippen LogP contribution is 2.44. The minimum atomic E-state index is -1.38. The van der Waals surface area contributed by atoms with E-state index in [2.05, 4.69) is 29.6 Å². The van der Waals surface area contributed by atoms with Crippen LogP contribution in [-0.2, 0) is 49.4 Å². The van der Waals surface area contributed by atoms with Crippen LogP contribution < -0.4 is 14.8 Å². The van der Waals surface area contributed by atoms with Gasteiger partial charge >= 0.3 is 24.0 Å². The van der Waals surface area contributed by atoms with E-state index in [0.29, 0.717) is 5.56 Å². The minimum Gasteiger partial charge on any atom is -0.491 e. The van der Waals surface area contributed by atoms with Crippen LogP contribution in [0.2, 0.25) is 0 Å². The van der Waals surface area contributed by atoms with Gasteiger partial charge in [-0.25, -0.2) is 9.59 Å². The van der Waals surface area contributed by atoms with Crippen molar-refractivity contribution in [1.29, 1.82) is 0 Å². The number of carbonyl (C=O) groups is 4. The second-order valence-corrected chi connectivity index (χ2v) is 12.2. The lowest BCUT2D eigenvalue weighted by Gasteiger charge is -2.42. The monoisotopic (exact) mass is 721 g/mol. The molecule has 0 aromatic heterocycles. The molecule has 14 nitrogen and oxygen atoms in total. The number of methoxy groups -OCH3 is 1. The molecule has 0 radical (unpaired) electrons. The highest BCUT2D eigenvalue weighted by Gasteiger charge is 2.52. The van der Waals surface area contributed by atoms with Crippen molar-refractivity contribution >= 4 is 24.0 Å². The van der Waals surface area contributed by atoms with Crippen LogP contribution in [0.4, 0.5) is 4.79 Å². The van der Waals surface area contributed by atoms with E-state index in [1.54, 1.807) is 13.0 Å². The normalized spacial score (nSPS) is 20.5. The highest BCUT2D eigenvalue weighted by atomic mass is 16.7. The van der Waals surface area contributed by atoms with Crippen molar-refractivity contribution in [3.63, 3.8) is 0 Å². The van der Waals surface area contributed by atoms with Crippen LogP contribution in [0.25, 0.3) is 11.1 Å². The van der Waals surface area contributed by atoms with Crippen LogP contribution in [0.15, 0.2) is 66.7 Å². The second kappa shape index (κ2) is 17.8. The summed E-state index contributed by atoms with van der Waals surface area (Å²) in [4.78, 5) is 48.9. The molecule has 1 saturated heterocycles. The van der Waals surface area contributed by atoms with Crippen LogP contribution in [0.1, 0.15) is 43.4 Å². The molecule has 1 amide bonds. The number of ether oxygens (including phenoxy) is 8. The Hall–Kier alpha value is -5.18. The Bertz CT molecular complexity index is 1680. The molecule has 1 heterocycles. The Morgan fingerprint density at radius 1 is 0.846 bits per heavy atom. The number of benzene rings is 3. The summed E-state index contributed by atoms with van der Waals surface area (Å²) in [6.45, 7) is 4.50. The molecule has 0 bridgehead atoms. The third-order valence-electron chi connectivity index (χ3n) is 8.71. The molecule has 5 atom stereocenters. The lowest BCUT2D eigenvalue weighted by atomic mass is 9.90. The highest BCUT2D eigenvalue weighted by molar-refractivity contribution is 5.79. The fourth-order valence-electron chi connectivity index (χ4n) is 6.33. The predicted octanol–water partition coefficient (Wildman–Crippen LogP) is 3.89. The number of aliphatic hydroxyl groups is 1. The molecule has 0 saturated carbocycles. The maximum absolute atomic E-state index is 12.5. The van der Waals surface area contributed by atoms with Crippen LogP contribution in [0.5, 0.6) is 11.5 Å². The Kier molecular flexibility index (Phi) is 13.1. The first-order chi connectivity index (χ1) is 25.1. The van der Waals surface area contributed by atoms with Gasteiger partial charge in [0, 0.05) is 43.9 Å². The summed E-state index contributed by atoms with van der Waals surface area (Å²) in [5.74, 6) is -2.40. The average molecular weight is 722 g/mol. The largest absolute Gasteiger partial charge is 0.491 e. The lowest BCUT2D eigenvalue weighted by molar-refractivity contribution is -0.266. The molecule has 52 heavy (non-hydrogen) atoms. The first-order valence-corrected chi connectivity index (χ1v) is 16.9. The van der Waals surface area contributed by atoms with Gasteiger partial charge in [0.15, 0.2) is 12.2 Å². The number of fused-ring (bicyclic) bond motifs is 3. The molecule has 0 spiro atoms. The molecule has 1 aliphatic carbocycles. The second-order valence-electron chi connectivity index (χ2n) is 12.2. The van der Waals surface area contributed by atoms with Gasteiger partial charge < -0.3 is 48.3 Å². The summed E-state index contributed by atoms with van der Waals surface area (Å²) in [6, 6.07) is 20.8. The fraction of sp³-hybridized carbons (Fsp3) is 0.421. The summed E-state index contributed by atoms with van der Waals surface area (Å²) < 4.78 is 44.7. The van der Waals surface area contributed by atoms with E-state index in [1.165, 1.54) is 33.1 Å². The van der Waals surface area contributed by atoms with E-state index in [-0.39, 0.29) is 57.0 Å². The molecule has 3 aromatic carbocycles. The van der Waals surface area contributed by atoms with Gasteiger partial charge in [-0.1, -0.05) is 55.5 Å². The van der Waals surface area contributed by atoms with Crippen LogP contribution in [0.3, 0.4) is 0 Å². The van der Waals surface area contributed by atoms with E-state index in [9.17, 15) is 24.3 Å². The number of amides is 1. The van der Waals surface area contributed by atoms with Gasteiger partial charge in [-0.3, -0.25) is 9.59 Å². The van der Waals surface area contributed by atoms with Crippen molar-refractivity contribution in [1.82, 2.24) is 5.32 Å². The Balaban J connectivity index is 1.10. The molecule has 5 rings (SSSR count). The Morgan fingerprint density at radius 3 is 2.13 bits per heavy atom. The first-order valence-electron chi connectivity index (χ1n) is 16.9. The van der Waals surface area contributed by atoms with Gasteiger partial charge in [0.2, 0.25) is 12.4 Å². The van der Waals surface area contributed by atoms with Crippen LogP contribution in [0, 0.1) is 5.92 Å². The predicted molar refractivity (Wildman–Crippen MR) is 183 cm³/mol. The summed E-state index contributed by atoms with van der Waals surface area (Å²) >= 11 is 0. The Morgan fingerprint density at radius 2 is 1.50 bits per heavy atom. The topological polar surface area (TPSA) is 174 Å². The van der Waals surface area contributed by atoms with Crippen molar-refractivity contribution in [3.8, 4) is 22.6 Å². The molecule has 2 aliphatic rings.